The summed E-state index contributed by atoms with van der Waals surface area (Å²) >= 11 is 0. The predicted octanol–water partition coefficient (Wildman–Crippen LogP) is 3.43. The lowest BCUT2D eigenvalue weighted by atomic mass is 9.68. The Morgan fingerprint density at radius 3 is 2.74 bits per heavy atom. The normalized spacial score (nSPS) is 24.4. The number of hydrogen-bond donors (Lipinski definition) is 1. The number of amides is 1. The van der Waals surface area contributed by atoms with Crippen molar-refractivity contribution in [2.75, 3.05) is 19.7 Å². The molecule has 3 heteroatoms. The largest absolute Gasteiger partial charge is 0.396 e. The van der Waals surface area contributed by atoms with Crippen molar-refractivity contribution >= 4 is 5.91 Å². The highest BCUT2D eigenvalue weighted by atomic mass is 16.3. The van der Waals surface area contributed by atoms with Gasteiger partial charge in [0.25, 0.3) is 0 Å². The fourth-order valence-corrected chi connectivity index (χ4v) is 4.43. The van der Waals surface area contributed by atoms with Crippen molar-refractivity contribution < 1.29 is 9.90 Å². The SMILES string of the molecule is Cc1cccc(C2(C(=O)N3CCCC(CO)C3)CCCCC2)c1. The number of nitrogens with zero attached hydrogens (tertiary/aromatic N) is 1. The molecule has 1 heterocycles. The van der Waals surface area contributed by atoms with Crippen molar-refractivity contribution in [2.24, 2.45) is 5.92 Å². The van der Waals surface area contributed by atoms with Crippen molar-refractivity contribution in [3.8, 4) is 0 Å². The number of carbonyl (C=O) groups excluding carboxylic acids is 1. The third-order valence-corrected chi connectivity index (χ3v) is 5.75. The van der Waals surface area contributed by atoms with E-state index in [0.29, 0.717) is 5.91 Å². The second kappa shape index (κ2) is 7.04. The lowest BCUT2D eigenvalue weighted by molar-refractivity contribution is -0.141. The van der Waals surface area contributed by atoms with E-state index in [9.17, 15) is 9.90 Å². The third-order valence-electron chi connectivity index (χ3n) is 5.75. The molecule has 1 atom stereocenters. The second-order valence-corrected chi connectivity index (χ2v) is 7.45. The first kappa shape index (κ1) is 16.5. The molecule has 1 saturated heterocycles. The molecule has 23 heavy (non-hydrogen) atoms. The maximum Gasteiger partial charge on any atom is 0.233 e. The predicted molar refractivity (Wildman–Crippen MR) is 92.3 cm³/mol. The number of aliphatic hydroxyl groups excluding tert-OH is 1. The maximum absolute atomic E-state index is 13.5. The van der Waals surface area contributed by atoms with Gasteiger partial charge >= 0.3 is 0 Å². The van der Waals surface area contributed by atoms with Gasteiger partial charge in [0.05, 0.1) is 5.41 Å². The van der Waals surface area contributed by atoms with Gasteiger partial charge in [0.1, 0.15) is 0 Å². The average molecular weight is 315 g/mol. The van der Waals surface area contributed by atoms with Crippen LogP contribution >= 0.6 is 0 Å². The molecule has 1 saturated carbocycles. The van der Waals surface area contributed by atoms with Crippen LogP contribution in [-0.4, -0.2) is 35.6 Å². The van der Waals surface area contributed by atoms with E-state index in [1.165, 1.54) is 17.5 Å². The van der Waals surface area contributed by atoms with Gasteiger partial charge in [-0.3, -0.25) is 4.79 Å². The Hall–Kier alpha value is -1.35. The number of aryl methyl sites for hydroxylation is 1. The van der Waals surface area contributed by atoms with Crippen molar-refractivity contribution in [3.05, 3.63) is 35.4 Å². The van der Waals surface area contributed by atoms with Crippen LogP contribution < -0.4 is 0 Å². The summed E-state index contributed by atoms with van der Waals surface area (Å²) in [5.74, 6) is 0.562. The monoisotopic (exact) mass is 315 g/mol. The Balaban J connectivity index is 1.90. The summed E-state index contributed by atoms with van der Waals surface area (Å²) in [6, 6.07) is 8.54. The van der Waals surface area contributed by atoms with Crippen LogP contribution in [0.5, 0.6) is 0 Å². The van der Waals surface area contributed by atoms with Crippen LogP contribution in [0.15, 0.2) is 24.3 Å². The van der Waals surface area contributed by atoms with E-state index in [-0.39, 0.29) is 17.9 Å². The van der Waals surface area contributed by atoms with Crippen LogP contribution in [0.25, 0.3) is 0 Å². The number of piperidine rings is 1. The molecule has 1 amide bonds. The molecule has 3 nitrogen and oxygen atoms in total. The van der Waals surface area contributed by atoms with Crippen molar-refractivity contribution in [2.45, 2.75) is 57.3 Å². The van der Waals surface area contributed by atoms with E-state index in [1.54, 1.807) is 0 Å². The van der Waals surface area contributed by atoms with Gasteiger partial charge < -0.3 is 10.0 Å². The summed E-state index contributed by atoms with van der Waals surface area (Å²) in [5.41, 5.74) is 2.10. The average Bonchev–Trinajstić information content (AvgIpc) is 2.61. The molecule has 0 spiro atoms. The molecule has 1 aliphatic heterocycles. The summed E-state index contributed by atoms with van der Waals surface area (Å²) in [7, 11) is 0. The van der Waals surface area contributed by atoms with Gasteiger partial charge in [0.15, 0.2) is 0 Å². The quantitative estimate of drug-likeness (QED) is 0.928. The first-order valence-corrected chi connectivity index (χ1v) is 9.13. The van der Waals surface area contributed by atoms with Crippen LogP contribution in [0.4, 0.5) is 0 Å². The molecule has 0 aromatic heterocycles. The Bertz CT molecular complexity index is 548. The summed E-state index contributed by atoms with van der Waals surface area (Å²) in [4.78, 5) is 15.5. The van der Waals surface area contributed by atoms with Gasteiger partial charge in [-0.2, -0.15) is 0 Å². The second-order valence-electron chi connectivity index (χ2n) is 7.45. The van der Waals surface area contributed by atoms with Gasteiger partial charge in [-0.15, -0.1) is 0 Å². The third kappa shape index (κ3) is 3.30. The molecular weight excluding hydrogens is 286 g/mol. The van der Waals surface area contributed by atoms with Crippen LogP contribution in [0.1, 0.15) is 56.1 Å². The van der Waals surface area contributed by atoms with E-state index in [2.05, 4.69) is 31.2 Å². The molecule has 1 unspecified atom stereocenters. The molecule has 1 N–H and O–H groups in total. The fraction of sp³-hybridized carbons (Fsp3) is 0.650. The number of rotatable bonds is 3. The molecule has 1 aromatic rings. The molecule has 2 fully saturated rings. The van der Waals surface area contributed by atoms with E-state index in [0.717, 1.165) is 51.6 Å². The Morgan fingerprint density at radius 2 is 2.04 bits per heavy atom. The number of aliphatic hydroxyl groups is 1. The lowest BCUT2D eigenvalue weighted by Crippen LogP contribution is -2.51. The van der Waals surface area contributed by atoms with Gasteiger partial charge in [0, 0.05) is 19.7 Å². The summed E-state index contributed by atoms with van der Waals surface area (Å²) in [6.07, 6.45) is 7.50. The lowest BCUT2D eigenvalue weighted by Gasteiger charge is -2.43. The zero-order chi connectivity index (χ0) is 16.3. The minimum absolute atomic E-state index is 0.196. The minimum atomic E-state index is -0.332. The molecule has 0 radical (unpaired) electrons. The number of hydrogen-bond acceptors (Lipinski definition) is 2. The van der Waals surface area contributed by atoms with Crippen LogP contribution in [-0.2, 0) is 10.2 Å². The number of benzene rings is 1. The van der Waals surface area contributed by atoms with Crippen molar-refractivity contribution in [1.29, 1.82) is 0 Å². The highest BCUT2D eigenvalue weighted by Crippen LogP contribution is 2.42. The minimum Gasteiger partial charge on any atom is -0.396 e. The van der Waals surface area contributed by atoms with Gasteiger partial charge in [-0.05, 0) is 44.1 Å². The molecule has 1 aliphatic carbocycles. The van der Waals surface area contributed by atoms with E-state index >= 15 is 0 Å². The molecule has 3 rings (SSSR count). The van der Waals surface area contributed by atoms with E-state index in [4.69, 9.17) is 0 Å². The van der Waals surface area contributed by atoms with Crippen LogP contribution in [0.3, 0.4) is 0 Å². The van der Waals surface area contributed by atoms with Gasteiger partial charge in [-0.25, -0.2) is 0 Å². The summed E-state index contributed by atoms with van der Waals surface area (Å²) in [6.45, 7) is 3.88. The molecule has 1 aromatic carbocycles. The molecule has 2 aliphatic rings. The maximum atomic E-state index is 13.5. The Kier molecular flexibility index (Phi) is 5.05. The zero-order valence-corrected chi connectivity index (χ0v) is 14.3. The van der Waals surface area contributed by atoms with E-state index < -0.39 is 0 Å². The first-order valence-electron chi connectivity index (χ1n) is 9.13. The van der Waals surface area contributed by atoms with Gasteiger partial charge in [-0.1, -0.05) is 49.1 Å². The number of carbonyl (C=O) groups is 1. The van der Waals surface area contributed by atoms with E-state index in [1.807, 2.05) is 4.90 Å². The summed E-state index contributed by atoms with van der Waals surface area (Å²) in [5, 5.41) is 9.48. The number of likely N-dealkylation sites (tertiary alicyclic amines) is 1. The standard InChI is InChI=1S/C20H29NO2/c1-16-7-5-9-18(13-16)20(10-3-2-4-11-20)19(23)21-12-6-8-17(14-21)15-22/h5,7,9,13,17,22H,2-4,6,8,10-12,14-15H2,1H3. The topological polar surface area (TPSA) is 40.5 Å². The Morgan fingerprint density at radius 1 is 1.26 bits per heavy atom. The Labute approximate surface area is 139 Å². The van der Waals surface area contributed by atoms with Crippen LogP contribution in [0.2, 0.25) is 0 Å². The molecule has 126 valence electrons. The zero-order valence-electron chi connectivity index (χ0n) is 14.3. The highest BCUT2D eigenvalue weighted by Gasteiger charge is 2.44. The fourth-order valence-electron chi connectivity index (χ4n) is 4.43. The molecular formula is C20H29NO2. The van der Waals surface area contributed by atoms with Gasteiger partial charge in [0.2, 0.25) is 5.91 Å². The summed E-state index contributed by atoms with van der Waals surface area (Å²) < 4.78 is 0. The molecule has 0 bridgehead atoms. The first-order chi connectivity index (χ1) is 11.2. The smallest absolute Gasteiger partial charge is 0.233 e. The highest BCUT2D eigenvalue weighted by molar-refractivity contribution is 5.88. The van der Waals surface area contributed by atoms with Crippen molar-refractivity contribution in [1.82, 2.24) is 4.90 Å². The van der Waals surface area contributed by atoms with Crippen molar-refractivity contribution in [3.63, 3.8) is 0 Å². The van der Waals surface area contributed by atoms with Crippen LogP contribution in [0, 0.1) is 12.8 Å².